The molecule has 1 aromatic rings. The number of piperidine rings is 1. The van der Waals surface area contributed by atoms with Crippen molar-refractivity contribution in [2.24, 2.45) is 0 Å². The summed E-state index contributed by atoms with van der Waals surface area (Å²) in [5.74, 6) is 1.63. The van der Waals surface area contributed by atoms with Crippen molar-refractivity contribution in [2.45, 2.75) is 31.7 Å². The summed E-state index contributed by atoms with van der Waals surface area (Å²) in [6.45, 7) is 4.21. The first-order valence-corrected chi connectivity index (χ1v) is 7.09. The summed E-state index contributed by atoms with van der Waals surface area (Å²) in [5.41, 5.74) is 2.18. The summed E-state index contributed by atoms with van der Waals surface area (Å²) in [4.78, 5) is 9.38. The van der Waals surface area contributed by atoms with E-state index in [1.165, 1.54) is 12.8 Å². The molecule has 1 unspecified atom stereocenters. The summed E-state index contributed by atoms with van der Waals surface area (Å²) in [6.07, 6.45) is 2.52. The average Bonchev–Trinajstić information content (AvgIpc) is 2.38. The summed E-state index contributed by atoms with van der Waals surface area (Å²) >= 11 is 5.87. The van der Waals surface area contributed by atoms with Gasteiger partial charge in [0.1, 0.15) is 5.82 Å². The SMILES string of the molecule is Cc1nc(N2CCCC(N(C)C)C2)ccc1CCl. The van der Waals surface area contributed by atoms with Crippen molar-refractivity contribution in [1.29, 1.82) is 0 Å². The van der Waals surface area contributed by atoms with E-state index in [0.717, 1.165) is 30.2 Å². The fraction of sp³-hybridized carbons (Fsp3) is 0.643. The molecule has 1 atom stereocenters. The number of halogens is 1. The van der Waals surface area contributed by atoms with Crippen LogP contribution >= 0.6 is 11.6 Å². The highest BCUT2D eigenvalue weighted by Crippen LogP contribution is 2.21. The molecular formula is C14H22ClN3. The Hall–Kier alpha value is -0.800. The van der Waals surface area contributed by atoms with E-state index in [4.69, 9.17) is 11.6 Å². The number of hydrogen-bond acceptors (Lipinski definition) is 3. The zero-order valence-corrected chi connectivity index (χ0v) is 12.2. The molecule has 0 aromatic carbocycles. The first kappa shape index (κ1) is 13.6. The second kappa shape index (κ2) is 5.89. The molecule has 1 aliphatic heterocycles. The standard InChI is InChI=1S/C14H22ClN3/c1-11-12(9-15)6-7-14(16-11)18-8-4-5-13(10-18)17(2)3/h6-7,13H,4-5,8-10H2,1-3H3. The van der Waals surface area contributed by atoms with Crippen molar-refractivity contribution < 1.29 is 0 Å². The minimum Gasteiger partial charge on any atom is -0.355 e. The number of hydrogen-bond donors (Lipinski definition) is 0. The fourth-order valence-corrected chi connectivity index (χ4v) is 2.76. The fourth-order valence-electron chi connectivity index (χ4n) is 2.48. The lowest BCUT2D eigenvalue weighted by molar-refractivity contribution is 0.257. The van der Waals surface area contributed by atoms with Crippen molar-refractivity contribution >= 4 is 17.4 Å². The number of likely N-dealkylation sites (N-methyl/N-ethyl adjacent to an activating group) is 1. The van der Waals surface area contributed by atoms with E-state index in [1.807, 2.05) is 6.92 Å². The Kier molecular flexibility index (Phi) is 4.46. The lowest BCUT2D eigenvalue weighted by Gasteiger charge is -2.37. The zero-order chi connectivity index (χ0) is 13.1. The number of pyridine rings is 1. The van der Waals surface area contributed by atoms with Gasteiger partial charge in [-0.2, -0.15) is 0 Å². The van der Waals surface area contributed by atoms with Gasteiger partial charge in [0, 0.05) is 30.7 Å². The Bertz CT molecular complexity index is 406. The summed E-state index contributed by atoms with van der Waals surface area (Å²) in [7, 11) is 4.31. The van der Waals surface area contributed by atoms with Crippen LogP contribution < -0.4 is 4.90 Å². The van der Waals surface area contributed by atoms with Gasteiger partial charge in [0.2, 0.25) is 0 Å². The molecule has 0 saturated carbocycles. The van der Waals surface area contributed by atoms with E-state index in [9.17, 15) is 0 Å². The van der Waals surface area contributed by atoms with Crippen LogP contribution in [-0.2, 0) is 5.88 Å². The molecule has 1 fully saturated rings. The van der Waals surface area contributed by atoms with E-state index in [-0.39, 0.29) is 0 Å². The van der Waals surface area contributed by atoms with Gasteiger partial charge in [-0.25, -0.2) is 4.98 Å². The highest BCUT2D eigenvalue weighted by atomic mass is 35.5. The van der Waals surface area contributed by atoms with E-state index >= 15 is 0 Å². The first-order chi connectivity index (χ1) is 8.61. The Balaban J connectivity index is 2.13. The van der Waals surface area contributed by atoms with Crippen LogP contribution in [0.5, 0.6) is 0 Å². The van der Waals surface area contributed by atoms with Crippen LogP contribution in [-0.4, -0.2) is 43.1 Å². The monoisotopic (exact) mass is 267 g/mol. The molecule has 0 aliphatic carbocycles. The molecule has 0 radical (unpaired) electrons. The largest absolute Gasteiger partial charge is 0.355 e. The van der Waals surface area contributed by atoms with Crippen molar-refractivity contribution in [3.05, 3.63) is 23.4 Å². The van der Waals surface area contributed by atoms with Crippen molar-refractivity contribution in [3.8, 4) is 0 Å². The molecular weight excluding hydrogens is 246 g/mol. The van der Waals surface area contributed by atoms with Crippen LogP contribution in [0.15, 0.2) is 12.1 Å². The highest BCUT2D eigenvalue weighted by Gasteiger charge is 2.22. The number of aromatic nitrogens is 1. The molecule has 0 amide bonds. The molecule has 1 aliphatic rings. The number of anilines is 1. The molecule has 0 N–H and O–H groups in total. The molecule has 18 heavy (non-hydrogen) atoms. The molecule has 4 heteroatoms. The summed E-state index contributed by atoms with van der Waals surface area (Å²) in [6, 6.07) is 4.83. The van der Waals surface area contributed by atoms with Gasteiger partial charge in [-0.15, -0.1) is 11.6 Å². The van der Waals surface area contributed by atoms with E-state index < -0.39 is 0 Å². The summed E-state index contributed by atoms with van der Waals surface area (Å²) in [5, 5.41) is 0. The minimum atomic E-state index is 0.541. The quantitative estimate of drug-likeness (QED) is 0.785. The third-order valence-corrected chi connectivity index (χ3v) is 4.06. The molecule has 1 saturated heterocycles. The van der Waals surface area contributed by atoms with Crippen molar-refractivity contribution in [2.75, 3.05) is 32.1 Å². The normalized spacial score (nSPS) is 20.5. The van der Waals surface area contributed by atoms with Gasteiger partial charge in [0.15, 0.2) is 0 Å². The number of aryl methyl sites for hydroxylation is 1. The highest BCUT2D eigenvalue weighted by molar-refractivity contribution is 6.17. The van der Waals surface area contributed by atoms with Crippen molar-refractivity contribution in [3.63, 3.8) is 0 Å². The van der Waals surface area contributed by atoms with Crippen LogP contribution in [0.2, 0.25) is 0 Å². The molecule has 2 rings (SSSR count). The topological polar surface area (TPSA) is 19.4 Å². The van der Waals surface area contributed by atoms with Gasteiger partial charge in [-0.3, -0.25) is 0 Å². The first-order valence-electron chi connectivity index (χ1n) is 6.55. The summed E-state index contributed by atoms with van der Waals surface area (Å²) < 4.78 is 0. The number of nitrogens with zero attached hydrogens (tertiary/aromatic N) is 3. The van der Waals surface area contributed by atoms with Gasteiger partial charge in [0.05, 0.1) is 0 Å². The van der Waals surface area contributed by atoms with Crippen LogP contribution in [0.1, 0.15) is 24.1 Å². The maximum Gasteiger partial charge on any atom is 0.128 e. The average molecular weight is 268 g/mol. The van der Waals surface area contributed by atoms with Crippen molar-refractivity contribution in [1.82, 2.24) is 9.88 Å². The molecule has 3 nitrogen and oxygen atoms in total. The minimum absolute atomic E-state index is 0.541. The van der Waals surface area contributed by atoms with Gasteiger partial charge in [-0.05, 0) is 45.5 Å². The third-order valence-electron chi connectivity index (χ3n) is 3.78. The van der Waals surface area contributed by atoms with Crippen LogP contribution in [0.25, 0.3) is 0 Å². The predicted octanol–water partition coefficient (Wildman–Crippen LogP) is 2.66. The predicted molar refractivity (Wildman–Crippen MR) is 77.5 cm³/mol. The Labute approximate surface area is 115 Å². The van der Waals surface area contributed by atoms with Crippen LogP contribution in [0.4, 0.5) is 5.82 Å². The molecule has 2 heterocycles. The molecule has 1 aromatic heterocycles. The second-order valence-electron chi connectivity index (χ2n) is 5.25. The van der Waals surface area contributed by atoms with E-state index in [1.54, 1.807) is 0 Å². The number of alkyl halides is 1. The van der Waals surface area contributed by atoms with E-state index in [0.29, 0.717) is 11.9 Å². The molecule has 100 valence electrons. The van der Waals surface area contributed by atoms with Crippen LogP contribution in [0.3, 0.4) is 0 Å². The third kappa shape index (κ3) is 2.96. The molecule has 0 bridgehead atoms. The van der Waals surface area contributed by atoms with Gasteiger partial charge < -0.3 is 9.80 Å². The Morgan fingerprint density at radius 3 is 2.83 bits per heavy atom. The maximum atomic E-state index is 5.87. The smallest absolute Gasteiger partial charge is 0.128 e. The maximum absolute atomic E-state index is 5.87. The van der Waals surface area contributed by atoms with E-state index in [2.05, 4.69) is 41.0 Å². The second-order valence-corrected chi connectivity index (χ2v) is 5.52. The van der Waals surface area contributed by atoms with Crippen LogP contribution in [0, 0.1) is 6.92 Å². The lowest BCUT2D eigenvalue weighted by atomic mass is 10.0. The lowest BCUT2D eigenvalue weighted by Crippen LogP contribution is -2.45. The zero-order valence-electron chi connectivity index (χ0n) is 11.5. The molecule has 0 spiro atoms. The Morgan fingerprint density at radius 1 is 1.44 bits per heavy atom. The number of rotatable bonds is 3. The van der Waals surface area contributed by atoms with Gasteiger partial charge >= 0.3 is 0 Å². The van der Waals surface area contributed by atoms with Gasteiger partial charge in [-0.1, -0.05) is 6.07 Å². The van der Waals surface area contributed by atoms with Gasteiger partial charge in [0.25, 0.3) is 0 Å². The Morgan fingerprint density at radius 2 is 2.22 bits per heavy atom.